The Kier molecular flexibility index (Phi) is 5.34. The standard InChI is InChI=1S/C24H32O5/c1-15(2)20-17(27-19(25)11-10-16-8-6-5-7-9-16)14-24(4)18(28-24)12-13-23(3)22(29-23)21(20)26/h5-11,15,17-18,20-22,26H,12-14H2,1-4H3/b11-10+/t17-,18-,20-,21-,22+,23+,24+/m1/s1. The van der Waals surface area contributed by atoms with Gasteiger partial charge in [0.2, 0.25) is 0 Å². The molecule has 1 N–H and O–H groups in total. The minimum atomic E-state index is -0.671. The number of rotatable bonds is 4. The Labute approximate surface area is 173 Å². The van der Waals surface area contributed by atoms with E-state index in [0.717, 1.165) is 18.4 Å². The van der Waals surface area contributed by atoms with E-state index in [9.17, 15) is 9.90 Å². The number of ether oxygens (including phenoxy) is 3. The van der Waals surface area contributed by atoms with Crippen LogP contribution in [-0.4, -0.2) is 46.7 Å². The van der Waals surface area contributed by atoms with Crippen LogP contribution in [0.25, 0.3) is 6.08 Å². The molecule has 0 unspecified atom stereocenters. The van der Waals surface area contributed by atoms with Crippen molar-refractivity contribution >= 4 is 12.0 Å². The Morgan fingerprint density at radius 1 is 1.21 bits per heavy atom. The smallest absolute Gasteiger partial charge is 0.331 e. The van der Waals surface area contributed by atoms with E-state index in [0.29, 0.717) is 6.42 Å². The van der Waals surface area contributed by atoms with Gasteiger partial charge in [0.05, 0.1) is 23.4 Å². The van der Waals surface area contributed by atoms with E-state index in [4.69, 9.17) is 14.2 Å². The highest BCUT2D eigenvalue weighted by Crippen LogP contribution is 2.52. The van der Waals surface area contributed by atoms with E-state index in [2.05, 4.69) is 27.7 Å². The SMILES string of the molecule is CC(C)[C@H]1[C@@H](O)[C@@H]2O[C@@]2(C)CC[C@H]2O[C@@]2(C)C[C@H]1OC(=O)/C=C/c1ccccc1. The van der Waals surface area contributed by atoms with Crippen LogP contribution in [0.4, 0.5) is 0 Å². The fourth-order valence-electron chi connectivity index (χ4n) is 4.96. The molecule has 2 aliphatic heterocycles. The Morgan fingerprint density at radius 3 is 2.62 bits per heavy atom. The molecule has 1 saturated carbocycles. The lowest BCUT2D eigenvalue weighted by atomic mass is 9.76. The molecule has 0 bridgehead atoms. The molecule has 5 nitrogen and oxygen atoms in total. The van der Waals surface area contributed by atoms with Crippen molar-refractivity contribution in [3.8, 4) is 0 Å². The lowest BCUT2D eigenvalue weighted by molar-refractivity contribution is -0.152. The molecular formula is C24H32O5. The quantitative estimate of drug-likeness (QED) is 0.474. The summed E-state index contributed by atoms with van der Waals surface area (Å²) in [5.74, 6) is -0.473. The van der Waals surface area contributed by atoms with Crippen molar-refractivity contribution in [1.29, 1.82) is 0 Å². The molecule has 1 aromatic carbocycles. The summed E-state index contributed by atoms with van der Waals surface area (Å²) >= 11 is 0. The van der Waals surface area contributed by atoms with Gasteiger partial charge in [0.1, 0.15) is 12.2 Å². The molecule has 5 heteroatoms. The first kappa shape index (κ1) is 20.6. The van der Waals surface area contributed by atoms with E-state index in [1.807, 2.05) is 30.3 Å². The number of carbonyl (C=O) groups excluding carboxylic acids is 1. The van der Waals surface area contributed by atoms with E-state index >= 15 is 0 Å². The highest BCUT2D eigenvalue weighted by Gasteiger charge is 2.63. The molecule has 29 heavy (non-hydrogen) atoms. The van der Waals surface area contributed by atoms with Crippen molar-refractivity contribution in [1.82, 2.24) is 0 Å². The van der Waals surface area contributed by atoms with Gasteiger partial charge in [-0.15, -0.1) is 0 Å². The van der Waals surface area contributed by atoms with E-state index < -0.39 is 18.2 Å². The second kappa shape index (κ2) is 7.53. The van der Waals surface area contributed by atoms with Gasteiger partial charge in [0, 0.05) is 18.4 Å². The molecule has 3 fully saturated rings. The summed E-state index contributed by atoms with van der Waals surface area (Å²) in [5.41, 5.74) is 0.327. The van der Waals surface area contributed by atoms with Crippen LogP contribution in [0.2, 0.25) is 0 Å². The maximum atomic E-state index is 12.6. The van der Waals surface area contributed by atoms with Crippen molar-refractivity contribution in [2.45, 2.75) is 82.6 Å². The Hall–Kier alpha value is -1.69. The molecule has 2 heterocycles. The molecule has 1 aliphatic carbocycles. The molecule has 0 aromatic heterocycles. The zero-order chi connectivity index (χ0) is 20.8. The maximum absolute atomic E-state index is 12.6. The topological polar surface area (TPSA) is 71.6 Å². The van der Waals surface area contributed by atoms with Gasteiger partial charge in [-0.05, 0) is 44.2 Å². The van der Waals surface area contributed by atoms with Gasteiger partial charge in [-0.25, -0.2) is 4.79 Å². The summed E-state index contributed by atoms with van der Waals surface area (Å²) in [7, 11) is 0. The fraction of sp³-hybridized carbons (Fsp3) is 0.625. The van der Waals surface area contributed by atoms with Crippen LogP contribution < -0.4 is 0 Å². The normalized spacial score (nSPS) is 41.5. The first-order chi connectivity index (χ1) is 13.7. The predicted molar refractivity (Wildman–Crippen MR) is 110 cm³/mol. The molecule has 2 saturated heterocycles. The third-order valence-electron chi connectivity index (χ3n) is 6.87. The van der Waals surface area contributed by atoms with Crippen LogP contribution in [0.15, 0.2) is 36.4 Å². The van der Waals surface area contributed by atoms with Crippen molar-refractivity contribution in [3.05, 3.63) is 42.0 Å². The summed E-state index contributed by atoms with van der Waals surface area (Å²) in [6, 6.07) is 9.65. The van der Waals surface area contributed by atoms with Gasteiger partial charge in [-0.2, -0.15) is 0 Å². The summed E-state index contributed by atoms with van der Waals surface area (Å²) in [6.45, 7) is 8.27. The van der Waals surface area contributed by atoms with Gasteiger partial charge in [0.25, 0.3) is 0 Å². The van der Waals surface area contributed by atoms with E-state index in [1.165, 1.54) is 6.08 Å². The number of benzene rings is 1. The Balaban J connectivity index is 1.54. The summed E-state index contributed by atoms with van der Waals surface area (Å²) < 4.78 is 17.9. The average Bonchev–Trinajstić information content (AvgIpc) is 3.53. The van der Waals surface area contributed by atoms with Crippen LogP contribution in [0.5, 0.6) is 0 Å². The monoisotopic (exact) mass is 400 g/mol. The zero-order valence-corrected chi connectivity index (χ0v) is 17.7. The van der Waals surface area contributed by atoms with E-state index in [-0.39, 0.29) is 35.2 Å². The van der Waals surface area contributed by atoms with Crippen molar-refractivity contribution in [3.63, 3.8) is 0 Å². The van der Waals surface area contributed by atoms with Crippen LogP contribution in [0.1, 0.15) is 52.5 Å². The number of hydrogen-bond donors (Lipinski definition) is 1. The number of esters is 1. The molecule has 3 aliphatic rings. The van der Waals surface area contributed by atoms with Crippen LogP contribution >= 0.6 is 0 Å². The molecule has 0 amide bonds. The second-order valence-electron chi connectivity index (χ2n) is 9.54. The molecule has 0 spiro atoms. The lowest BCUT2D eigenvalue weighted by Gasteiger charge is -2.34. The summed E-state index contributed by atoms with van der Waals surface area (Å²) in [5, 5.41) is 11.1. The number of aliphatic hydroxyl groups is 1. The van der Waals surface area contributed by atoms with Gasteiger partial charge in [-0.3, -0.25) is 0 Å². The molecule has 0 radical (unpaired) electrons. The number of fused-ring (bicyclic) bond motifs is 2. The van der Waals surface area contributed by atoms with Gasteiger partial charge in [0.15, 0.2) is 0 Å². The Bertz CT molecular complexity index is 775. The molecule has 4 rings (SSSR count). The van der Waals surface area contributed by atoms with Crippen LogP contribution in [0.3, 0.4) is 0 Å². The first-order valence-electron chi connectivity index (χ1n) is 10.7. The molecular weight excluding hydrogens is 368 g/mol. The third-order valence-corrected chi connectivity index (χ3v) is 6.87. The lowest BCUT2D eigenvalue weighted by Crippen LogP contribution is -2.45. The largest absolute Gasteiger partial charge is 0.459 e. The highest BCUT2D eigenvalue weighted by atomic mass is 16.6. The van der Waals surface area contributed by atoms with Crippen LogP contribution in [0, 0.1) is 11.8 Å². The maximum Gasteiger partial charge on any atom is 0.331 e. The molecule has 158 valence electrons. The molecule has 1 aromatic rings. The Morgan fingerprint density at radius 2 is 1.93 bits per heavy atom. The van der Waals surface area contributed by atoms with Crippen molar-refractivity contribution in [2.75, 3.05) is 0 Å². The van der Waals surface area contributed by atoms with Gasteiger partial charge >= 0.3 is 5.97 Å². The third kappa shape index (κ3) is 4.27. The average molecular weight is 401 g/mol. The predicted octanol–water partition coefficient (Wildman–Crippen LogP) is 3.74. The van der Waals surface area contributed by atoms with Crippen molar-refractivity contribution < 1.29 is 24.1 Å². The van der Waals surface area contributed by atoms with Gasteiger partial charge < -0.3 is 19.3 Å². The van der Waals surface area contributed by atoms with E-state index in [1.54, 1.807) is 6.08 Å². The fourth-order valence-corrected chi connectivity index (χ4v) is 4.96. The zero-order valence-electron chi connectivity index (χ0n) is 17.7. The number of epoxide rings is 2. The number of carbonyl (C=O) groups is 1. The summed E-state index contributed by atoms with van der Waals surface area (Å²) in [6.07, 6.45) is 4.43. The number of aliphatic hydroxyl groups excluding tert-OH is 1. The second-order valence-corrected chi connectivity index (χ2v) is 9.54. The molecule has 7 atom stereocenters. The van der Waals surface area contributed by atoms with Crippen LogP contribution in [-0.2, 0) is 19.0 Å². The van der Waals surface area contributed by atoms with Crippen molar-refractivity contribution in [2.24, 2.45) is 11.8 Å². The van der Waals surface area contributed by atoms with Gasteiger partial charge in [-0.1, -0.05) is 44.2 Å². The minimum Gasteiger partial charge on any atom is -0.459 e. The first-order valence-corrected chi connectivity index (χ1v) is 10.7. The highest BCUT2D eigenvalue weighted by molar-refractivity contribution is 5.87. The summed E-state index contributed by atoms with van der Waals surface area (Å²) in [4.78, 5) is 12.6. The minimum absolute atomic E-state index is 0.134. The number of hydrogen-bond acceptors (Lipinski definition) is 5.